The van der Waals surface area contributed by atoms with Crippen molar-refractivity contribution in [2.24, 2.45) is 5.73 Å². The number of hydrogen-bond donors (Lipinski definition) is 1. The van der Waals surface area contributed by atoms with Gasteiger partial charge in [0.15, 0.2) is 0 Å². The maximum Gasteiger partial charge on any atom is 0.235 e. The molecule has 1 aromatic heterocycles. The number of carbonyl (C=O) groups excluding carboxylic acids is 1. The average molecular weight is 312 g/mol. The molecule has 1 aromatic carbocycles. The third kappa shape index (κ3) is 2.39. The average Bonchev–Trinajstić information content (AvgIpc) is 2.93. The van der Waals surface area contributed by atoms with Crippen LogP contribution in [-0.2, 0) is 11.2 Å². The van der Waals surface area contributed by atoms with Crippen LogP contribution in [0.25, 0.3) is 10.9 Å². The first-order chi connectivity index (χ1) is 11.2. The number of amides is 1. The molecule has 1 amide bonds. The molecule has 2 aliphatic heterocycles. The fourth-order valence-electron chi connectivity index (χ4n) is 3.26. The van der Waals surface area contributed by atoms with E-state index in [1.165, 1.54) is 0 Å². The number of rotatable bonds is 4. The van der Waals surface area contributed by atoms with Gasteiger partial charge in [-0.05, 0) is 18.2 Å². The van der Waals surface area contributed by atoms with Crippen molar-refractivity contribution >= 4 is 16.8 Å². The highest BCUT2D eigenvalue weighted by Crippen LogP contribution is 2.37. The quantitative estimate of drug-likeness (QED) is 0.908. The van der Waals surface area contributed by atoms with Crippen molar-refractivity contribution < 1.29 is 14.3 Å². The van der Waals surface area contributed by atoms with E-state index in [0.717, 1.165) is 40.9 Å². The number of nitrogens with zero attached hydrogens (tertiary/aromatic N) is 2. The van der Waals surface area contributed by atoms with Crippen LogP contribution in [0, 0.1) is 6.42 Å². The largest absolute Gasteiger partial charge is 0.497 e. The Morgan fingerprint density at radius 2 is 2.39 bits per heavy atom. The lowest BCUT2D eigenvalue weighted by atomic mass is 10.0. The number of pyridine rings is 1. The predicted molar refractivity (Wildman–Crippen MR) is 85.3 cm³/mol. The van der Waals surface area contributed by atoms with E-state index in [1.807, 2.05) is 35.7 Å². The van der Waals surface area contributed by atoms with Crippen LogP contribution in [0.5, 0.6) is 11.5 Å². The molecule has 2 unspecified atom stereocenters. The third-order valence-corrected chi connectivity index (χ3v) is 4.52. The summed E-state index contributed by atoms with van der Waals surface area (Å²) in [5, 5.41) is 0.964. The zero-order chi connectivity index (χ0) is 16.0. The summed E-state index contributed by atoms with van der Waals surface area (Å²) in [5.41, 5.74) is 7.36. The SMILES string of the molecule is COc1ccc2ncc3c(c2c1)OC(CN1C[CH]C1C(N)=O)C3. The molecule has 0 bridgehead atoms. The summed E-state index contributed by atoms with van der Waals surface area (Å²) in [6.45, 7) is 1.46. The lowest BCUT2D eigenvalue weighted by molar-refractivity contribution is -0.124. The Bertz CT molecular complexity index is 777. The number of methoxy groups -OCH3 is 1. The molecule has 2 aliphatic rings. The molecule has 3 heterocycles. The minimum absolute atomic E-state index is 0.0131. The van der Waals surface area contributed by atoms with Crippen molar-refractivity contribution in [3.8, 4) is 11.5 Å². The number of aromatic nitrogens is 1. The van der Waals surface area contributed by atoms with Crippen LogP contribution in [0.4, 0.5) is 0 Å². The van der Waals surface area contributed by atoms with E-state index in [1.54, 1.807) is 7.11 Å². The summed E-state index contributed by atoms with van der Waals surface area (Å²) >= 11 is 0. The van der Waals surface area contributed by atoms with E-state index in [9.17, 15) is 4.79 Å². The summed E-state index contributed by atoms with van der Waals surface area (Å²) in [6, 6.07) is 5.50. The van der Waals surface area contributed by atoms with Crippen LogP contribution in [-0.4, -0.2) is 48.1 Å². The Hall–Kier alpha value is -2.34. The van der Waals surface area contributed by atoms with Gasteiger partial charge < -0.3 is 15.2 Å². The van der Waals surface area contributed by atoms with Crippen LogP contribution in [0.2, 0.25) is 0 Å². The second kappa shape index (κ2) is 5.38. The smallest absolute Gasteiger partial charge is 0.235 e. The Kier molecular flexibility index (Phi) is 3.34. The van der Waals surface area contributed by atoms with E-state index in [-0.39, 0.29) is 18.1 Å². The first kappa shape index (κ1) is 14.3. The van der Waals surface area contributed by atoms with Crippen LogP contribution in [0.3, 0.4) is 0 Å². The van der Waals surface area contributed by atoms with Gasteiger partial charge in [0, 0.05) is 43.1 Å². The number of likely N-dealkylation sites (tertiary alicyclic amines) is 1. The maximum absolute atomic E-state index is 11.3. The molecular weight excluding hydrogens is 294 g/mol. The zero-order valence-corrected chi connectivity index (χ0v) is 12.9. The van der Waals surface area contributed by atoms with Gasteiger partial charge >= 0.3 is 0 Å². The minimum atomic E-state index is -0.302. The first-order valence-corrected chi connectivity index (χ1v) is 7.64. The summed E-state index contributed by atoms with van der Waals surface area (Å²) in [4.78, 5) is 17.8. The van der Waals surface area contributed by atoms with Gasteiger partial charge in [-0.25, -0.2) is 0 Å². The van der Waals surface area contributed by atoms with Gasteiger partial charge in [0.2, 0.25) is 5.91 Å². The highest BCUT2D eigenvalue weighted by atomic mass is 16.5. The molecule has 1 radical (unpaired) electrons. The number of primary amides is 1. The molecule has 4 rings (SSSR count). The van der Waals surface area contributed by atoms with Gasteiger partial charge in [-0.15, -0.1) is 0 Å². The van der Waals surface area contributed by atoms with Crippen molar-refractivity contribution in [2.75, 3.05) is 20.2 Å². The standard InChI is InChI=1S/C17H18N3O3/c1-22-11-2-3-14-13(7-11)16-10(8-19-14)6-12(23-16)9-20-5-4-15(20)17(18)21/h2-4,7-8,12,15H,5-6,9H2,1H3,(H2,18,21). The molecule has 1 saturated heterocycles. The first-order valence-electron chi connectivity index (χ1n) is 7.64. The van der Waals surface area contributed by atoms with Gasteiger partial charge in [0.25, 0.3) is 0 Å². The molecule has 2 atom stereocenters. The van der Waals surface area contributed by atoms with E-state index in [2.05, 4.69) is 4.98 Å². The Morgan fingerprint density at radius 3 is 3.09 bits per heavy atom. The third-order valence-electron chi connectivity index (χ3n) is 4.52. The minimum Gasteiger partial charge on any atom is -0.497 e. The molecular formula is C17H18N3O3. The van der Waals surface area contributed by atoms with Crippen molar-refractivity contribution in [3.05, 3.63) is 36.4 Å². The van der Waals surface area contributed by atoms with Gasteiger partial charge in [0.05, 0.1) is 18.7 Å². The van der Waals surface area contributed by atoms with Crippen LogP contribution in [0.15, 0.2) is 24.4 Å². The lowest BCUT2D eigenvalue weighted by Crippen LogP contribution is -2.57. The van der Waals surface area contributed by atoms with E-state index < -0.39 is 0 Å². The highest BCUT2D eigenvalue weighted by Gasteiger charge is 2.36. The molecule has 6 nitrogen and oxygen atoms in total. The van der Waals surface area contributed by atoms with E-state index >= 15 is 0 Å². The number of nitrogens with two attached hydrogens (primary N) is 1. The fraction of sp³-hybridized carbons (Fsp3) is 0.353. The molecule has 23 heavy (non-hydrogen) atoms. The summed E-state index contributed by atoms with van der Waals surface area (Å²) in [7, 11) is 1.64. The van der Waals surface area contributed by atoms with Gasteiger partial charge in [-0.1, -0.05) is 0 Å². The van der Waals surface area contributed by atoms with Gasteiger partial charge in [-0.2, -0.15) is 0 Å². The molecule has 0 spiro atoms. The Labute approximate surface area is 134 Å². The van der Waals surface area contributed by atoms with E-state index in [4.69, 9.17) is 15.2 Å². The van der Waals surface area contributed by atoms with Crippen LogP contribution in [0.1, 0.15) is 5.56 Å². The number of benzene rings is 1. The van der Waals surface area contributed by atoms with Crippen LogP contribution < -0.4 is 15.2 Å². The lowest BCUT2D eigenvalue weighted by Gasteiger charge is -2.39. The topological polar surface area (TPSA) is 77.7 Å². The molecule has 1 fully saturated rings. The fourth-order valence-corrected chi connectivity index (χ4v) is 3.26. The maximum atomic E-state index is 11.3. The monoisotopic (exact) mass is 312 g/mol. The Morgan fingerprint density at radius 1 is 1.52 bits per heavy atom. The van der Waals surface area contributed by atoms with Crippen molar-refractivity contribution in [1.29, 1.82) is 0 Å². The summed E-state index contributed by atoms with van der Waals surface area (Å²) in [6.07, 6.45) is 4.60. The predicted octanol–water partition coefficient (Wildman–Crippen LogP) is 0.921. The van der Waals surface area contributed by atoms with Crippen LogP contribution >= 0.6 is 0 Å². The van der Waals surface area contributed by atoms with Crippen molar-refractivity contribution in [1.82, 2.24) is 9.88 Å². The molecule has 0 aliphatic carbocycles. The van der Waals surface area contributed by atoms with Crippen molar-refractivity contribution in [2.45, 2.75) is 18.6 Å². The second-order valence-electron chi connectivity index (χ2n) is 5.98. The van der Waals surface area contributed by atoms with E-state index in [0.29, 0.717) is 6.54 Å². The zero-order valence-electron chi connectivity index (χ0n) is 12.9. The second-order valence-corrected chi connectivity index (χ2v) is 5.98. The Balaban J connectivity index is 1.57. The van der Waals surface area contributed by atoms with Crippen molar-refractivity contribution in [3.63, 3.8) is 0 Å². The number of carbonyl (C=O) groups is 1. The highest BCUT2D eigenvalue weighted by molar-refractivity contribution is 5.88. The summed E-state index contributed by atoms with van der Waals surface area (Å²) in [5.74, 6) is 1.36. The molecule has 119 valence electrons. The molecule has 2 aromatic rings. The number of ether oxygens (including phenoxy) is 2. The number of fused-ring (bicyclic) bond motifs is 3. The summed E-state index contributed by atoms with van der Waals surface area (Å²) < 4.78 is 11.4. The molecule has 0 saturated carbocycles. The van der Waals surface area contributed by atoms with Gasteiger partial charge in [-0.3, -0.25) is 14.7 Å². The normalized spacial score (nSPS) is 23.2. The molecule has 2 N–H and O–H groups in total. The molecule has 6 heteroatoms. The van der Waals surface area contributed by atoms with Gasteiger partial charge in [0.1, 0.15) is 17.6 Å². The number of hydrogen-bond acceptors (Lipinski definition) is 5.